The maximum absolute atomic E-state index is 12.0. The van der Waals surface area contributed by atoms with Gasteiger partial charge in [0.2, 0.25) is 0 Å². The van der Waals surface area contributed by atoms with E-state index >= 15 is 0 Å². The van der Waals surface area contributed by atoms with E-state index in [1.807, 2.05) is 30.5 Å². The van der Waals surface area contributed by atoms with Crippen LogP contribution in [0.1, 0.15) is 28.6 Å². The second kappa shape index (κ2) is 6.54. The molecule has 4 nitrogen and oxygen atoms in total. The fraction of sp³-hybridized carbons (Fsp3) is 0.250. The molecule has 5 heteroatoms. The van der Waals surface area contributed by atoms with E-state index < -0.39 is 11.4 Å². The second-order valence-corrected chi connectivity index (χ2v) is 5.71. The predicted octanol–water partition coefficient (Wildman–Crippen LogP) is 2.91. The van der Waals surface area contributed by atoms with Gasteiger partial charge in [-0.25, -0.2) is 0 Å². The fourth-order valence-electron chi connectivity index (χ4n) is 2.26. The summed E-state index contributed by atoms with van der Waals surface area (Å²) in [5.41, 5.74) is -0.403. The van der Waals surface area contributed by atoms with Gasteiger partial charge >= 0.3 is 5.97 Å². The topological polar surface area (TPSA) is 66.4 Å². The van der Waals surface area contributed by atoms with E-state index in [1.54, 1.807) is 24.3 Å². The molecule has 0 saturated heterocycles. The van der Waals surface area contributed by atoms with Crippen molar-refractivity contribution in [1.82, 2.24) is 5.32 Å². The standard InChI is InChI=1S/C16H17NO3S/c1-2-16(15(19)20,12-7-4-3-5-8-12)11-17-14(18)13-9-6-10-21-13/h3-10H,2,11H2,1H3,(H,17,18)(H,19,20). The summed E-state index contributed by atoms with van der Waals surface area (Å²) < 4.78 is 0. The number of amides is 1. The Morgan fingerprint density at radius 2 is 1.90 bits per heavy atom. The first-order valence-corrected chi connectivity index (χ1v) is 7.59. The third-order valence-electron chi connectivity index (χ3n) is 3.64. The first-order chi connectivity index (χ1) is 10.1. The smallest absolute Gasteiger partial charge is 0.315 e. The molecule has 2 N–H and O–H groups in total. The lowest BCUT2D eigenvalue weighted by Crippen LogP contribution is -2.46. The van der Waals surface area contributed by atoms with Crippen molar-refractivity contribution < 1.29 is 14.7 Å². The molecule has 2 aromatic rings. The van der Waals surface area contributed by atoms with Gasteiger partial charge in [0.25, 0.3) is 5.91 Å². The molecule has 0 saturated carbocycles. The molecule has 1 atom stereocenters. The molecule has 0 bridgehead atoms. The van der Waals surface area contributed by atoms with Gasteiger partial charge in [0.1, 0.15) is 5.41 Å². The van der Waals surface area contributed by atoms with E-state index in [9.17, 15) is 14.7 Å². The SMILES string of the molecule is CCC(CNC(=O)c1cccs1)(C(=O)O)c1ccccc1. The van der Waals surface area contributed by atoms with Crippen LogP contribution in [0, 0.1) is 0 Å². The third-order valence-corrected chi connectivity index (χ3v) is 4.50. The van der Waals surface area contributed by atoms with E-state index in [1.165, 1.54) is 11.3 Å². The molecule has 0 radical (unpaired) electrons. The van der Waals surface area contributed by atoms with Crippen molar-refractivity contribution in [2.24, 2.45) is 0 Å². The van der Waals surface area contributed by atoms with Crippen molar-refractivity contribution in [2.75, 3.05) is 6.54 Å². The van der Waals surface area contributed by atoms with E-state index in [-0.39, 0.29) is 12.5 Å². The number of carboxylic acid groups (broad SMARTS) is 1. The molecule has 1 aromatic heterocycles. The van der Waals surface area contributed by atoms with Crippen molar-refractivity contribution in [3.63, 3.8) is 0 Å². The lowest BCUT2D eigenvalue weighted by Gasteiger charge is -2.29. The highest BCUT2D eigenvalue weighted by Crippen LogP contribution is 2.28. The van der Waals surface area contributed by atoms with Crippen LogP contribution >= 0.6 is 11.3 Å². The average molecular weight is 303 g/mol. The number of nitrogens with one attached hydrogen (secondary N) is 1. The highest BCUT2D eigenvalue weighted by molar-refractivity contribution is 7.12. The van der Waals surface area contributed by atoms with E-state index in [0.717, 1.165) is 0 Å². The molecule has 110 valence electrons. The third kappa shape index (κ3) is 3.13. The Morgan fingerprint density at radius 3 is 2.43 bits per heavy atom. The molecule has 0 spiro atoms. The average Bonchev–Trinajstić information content (AvgIpc) is 3.03. The zero-order chi connectivity index (χ0) is 15.3. The Kier molecular flexibility index (Phi) is 4.75. The fourth-order valence-corrected chi connectivity index (χ4v) is 2.90. The summed E-state index contributed by atoms with van der Waals surface area (Å²) in [6, 6.07) is 12.5. The van der Waals surface area contributed by atoms with Gasteiger partial charge in [-0.15, -0.1) is 11.3 Å². The van der Waals surface area contributed by atoms with Gasteiger partial charge in [0.15, 0.2) is 0 Å². The van der Waals surface area contributed by atoms with E-state index in [2.05, 4.69) is 5.32 Å². The van der Waals surface area contributed by atoms with Crippen LogP contribution in [-0.4, -0.2) is 23.5 Å². The summed E-state index contributed by atoms with van der Waals surface area (Å²) in [7, 11) is 0. The lowest BCUT2D eigenvalue weighted by molar-refractivity contribution is -0.143. The zero-order valence-electron chi connectivity index (χ0n) is 11.7. The van der Waals surface area contributed by atoms with Gasteiger partial charge in [0.05, 0.1) is 4.88 Å². The summed E-state index contributed by atoms with van der Waals surface area (Å²) in [5.74, 6) is -1.16. The van der Waals surface area contributed by atoms with Crippen molar-refractivity contribution in [3.8, 4) is 0 Å². The maximum Gasteiger partial charge on any atom is 0.315 e. The molecule has 1 unspecified atom stereocenters. The molecular weight excluding hydrogens is 286 g/mol. The number of hydrogen-bond donors (Lipinski definition) is 2. The Labute approximate surface area is 127 Å². The molecule has 1 aromatic carbocycles. The minimum atomic E-state index is -1.10. The molecule has 0 aliphatic carbocycles. The normalized spacial score (nSPS) is 13.4. The summed E-state index contributed by atoms with van der Waals surface area (Å²) in [5, 5.41) is 14.2. The number of aliphatic carboxylic acids is 1. The van der Waals surface area contributed by atoms with Crippen molar-refractivity contribution in [1.29, 1.82) is 0 Å². The molecular formula is C16H17NO3S. The van der Waals surface area contributed by atoms with Crippen LogP contribution < -0.4 is 5.32 Å². The number of benzene rings is 1. The van der Waals surface area contributed by atoms with Gasteiger partial charge in [0, 0.05) is 6.54 Å². The van der Waals surface area contributed by atoms with Crippen LogP contribution in [-0.2, 0) is 10.2 Å². The first kappa shape index (κ1) is 15.3. The van der Waals surface area contributed by atoms with E-state index in [0.29, 0.717) is 16.9 Å². The second-order valence-electron chi connectivity index (χ2n) is 4.77. The minimum absolute atomic E-state index is 0.0690. The Bertz CT molecular complexity index is 610. The number of hydrogen-bond acceptors (Lipinski definition) is 3. The summed E-state index contributed by atoms with van der Waals surface area (Å²) in [6.45, 7) is 1.89. The number of carbonyl (C=O) groups is 2. The quantitative estimate of drug-likeness (QED) is 0.862. The molecule has 0 fully saturated rings. The van der Waals surface area contributed by atoms with Crippen molar-refractivity contribution >= 4 is 23.2 Å². The zero-order valence-corrected chi connectivity index (χ0v) is 12.5. The Hall–Kier alpha value is -2.14. The van der Waals surface area contributed by atoms with Crippen molar-refractivity contribution in [2.45, 2.75) is 18.8 Å². The van der Waals surface area contributed by atoms with Crippen LogP contribution in [0.25, 0.3) is 0 Å². The molecule has 1 heterocycles. The highest BCUT2D eigenvalue weighted by atomic mass is 32.1. The summed E-state index contributed by atoms with van der Waals surface area (Å²) in [6.07, 6.45) is 0.400. The van der Waals surface area contributed by atoms with Gasteiger partial charge in [-0.05, 0) is 23.4 Å². The van der Waals surface area contributed by atoms with Crippen LogP contribution in [0.5, 0.6) is 0 Å². The predicted molar refractivity (Wildman–Crippen MR) is 82.7 cm³/mol. The molecule has 0 aliphatic heterocycles. The molecule has 0 aliphatic rings. The van der Waals surface area contributed by atoms with Crippen LogP contribution in [0.4, 0.5) is 0 Å². The molecule has 2 rings (SSSR count). The van der Waals surface area contributed by atoms with Crippen LogP contribution in [0.3, 0.4) is 0 Å². The number of thiophene rings is 1. The molecule has 21 heavy (non-hydrogen) atoms. The maximum atomic E-state index is 12.0. The highest BCUT2D eigenvalue weighted by Gasteiger charge is 2.39. The largest absolute Gasteiger partial charge is 0.481 e. The van der Waals surface area contributed by atoms with Gasteiger partial charge < -0.3 is 10.4 Å². The number of carbonyl (C=O) groups excluding carboxylic acids is 1. The molecule has 1 amide bonds. The number of rotatable bonds is 6. The summed E-state index contributed by atoms with van der Waals surface area (Å²) >= 11 is 1.33. The van der Waals surface area contributed by atoms with Crippen LogP contribution in [0.15, 0.2) is 47.8 Å². The summed E-state index contributed by atoms with van der Waals surface area (Å²) in [4.78, 5) is 24.4. The monoisotopic (exact) mass is 303 g/mol. The van der Waals surface area contributed by atoms with Gasteiger partial charge in [-0.3, -0.25) is 9.59 Å². The first-order valence-electron chi connectivity index (χ1n) is 6.71. The van der Waals surface area contributed by atoms with E-state index in [4.69, 9.17) is 0 Å². The van der Waals surface area contributed by atoms with Crippen molar-refractivity contribution in [3.05, 3.63) is 58.3 Å². The van der Waals surface area contributed by atoms with Gasteiger partial charge in [-0.1, -0.05) is 43.3 Å². The van der Waals surface area contributed by atoms with Gasteiger partial charge in [-0.2, -0.15) is 0 Å². The van der Waals surface area contributed by atoms with Crippen LogP contribution in [0.2, 0.25) is 0 Å². The minimum Gasteiger partial charge on any atom is -0.481 e. The lowest BCUT2D eigenvalue weighted by atomic mass is 9.78. The Morgan fingerprint density at radius 1 is 1.19 bits per heavy atom. The Balaban J connectivity index is 2.22. The number of carboxylic acids is 1.